The van der Waals surface area contributed by atoms with Gasteiger partial charge in [0.05, 0.1) is 16.7 Å². The van der Waals surface area contributed by atoms with Crippen molar-refractivity contribution in [1.82, 2.24) is 15.3 Å². The van der Waals surface area contributed by atoms with Crippen molar-refractivity contribution in [2.75, 3.05) is 7.05 Å². The van der Waals surface area contributed by atoms with Crippen LogP contribution < -0.4 is 5.32 Å². The molecule has 0 bridgehead atoms. The average molecular weight is 247 g/mol. The zero-order valence-corrected chi connectivity index (χ0v) is 11.2. The molecule has 2 aromatic heterocycles. The minimum absolute atomic E-state index is 0.237. The third-order valence-electron chi connectivity index (χ3n) is 2.66. The topological polar surface area (TPSA) is 37.8 Å². The highest BCUT2D eigenvalue weighted by molar-refractivity contribution is 7.09. The van der Waals surface area contributed by atoms with Gasteiger partial charge < -0.3 is 5.32 Å². The van der Waals surface area contributed by atoms with Gasteiger partial charge in [-0.3, -0.25) is 4.98 Å². The van der Waals surface area contributed by atoms with E-state index in [4.69, 9.17) is 0 Å². The Bertz CT molecular complexity index is 493. The minimum Gasteiger partial charge on any atom is -0.311 e. The van der Waals surface area contributed by atoms with Crippen LogP contribution in [0.1, 0.15) is 28.1 Å². The number of thiazole rings is 1. The van der Waals surface area contributed by atoms with Crippen LogP contribution in [0.25, 0.3) is 0 Å². The molecule has 0 aliphatic rings. The molecule has 90 valence electrons. The Kier molecular flexibility index (Phi) is 3.86. The van der Waals surface area contributed by atoms with Gasteiger partial charge in [-0.05, 0) is 33.0 Å². The van der Waals surface area contributed by atoms with Crippen LogP contribution in [-0.4, -0.2) is 17.0 Å². The van der Waals surface area contributed by atoms with Gasteiger partial charge >= 0.3 is 0 Å². The molecule has 0 aliphatic carbocycles. The number of nitrogens with zero attached hydrogens (tertiary/aromatic N) is 2. The maximum absolute atomic E-state index is 4.56. The lowest BCUT2D eigenvalue weighted by Gasteiger charge is -2.14. The lowest BCUT2D eigenvalue weighted by atomic mass is 10.1. The number of aryl methyl sites for hydroxylation is 2. The van der Waals surface area contributed by atoms with E-state index in [0.717, 1.165) is 28.5 Å². The first-order valence-electron chi connectivity index (χ1n) is 5.71. The maximum atomic E-state index is 4.56. The van der Waals surface area contributed by atoms with Crippen LogP contribution in [-0.2, 0) is 6.42 Å². The van der Waals surface area contributed by atoms with Crippen molar-refractivity contribution in [3.63, 3.8) is 0 Å². The Hall–Kier alpha value is -1.26. The highest BCUT2D eigenvalue weighted by atomic mass is 32.1. The zero-order chi connectivity index (χ0) is 12.3. The van der Waals surface area contributed by atoms with Gasteiger partial charge in [0.15, 0.2) is 0 Å². The molecule has 3 nitrogen and oxygen atoms in total. The van der Waals surface area contributed by atoms with Gasteiger partial charge in [-0.1, -0.05) is 6.07 Å². The average Bonchev–Trinajstić information content (AvgIpc) is 2.72. The van der Waals surface area contributed by atoms with Crippen LogP contribution in [0.15, 0.2) is 23.6 Å². The van der Waals surface area contributed by atoms with Gasteiger partial charge in [0.1, 0.15) is 0 Å². The lowest BCUT2D eigenvalue weighted by molar-refractivity contribution is 0.572. The summed E-state index contributed by atoms with van der Waals surface area (Å²) in [5, 5.41) is 6.55. The van der Waals surface area contributed by atoms with Gasteiger partial charge in [-0.15, -0.1) is 11.3 Å². The van der Waals surface area contributed by atoms with E-state index in [9.17, 15) is 0 Å². The quantitative estimate of drug-likeness (QED) is 0.902. The summed E-state index contributed by atoms with van der Waals surface area (Å²) in [4.78, 5) is 9.06. The van der Waals surface area contributed by atoms with Gasteiger partial charge in [0.2, 0.25) is 0 Å². The minimum atomic E-state index is 0.237. The highest BCUT2D eigenvalue weighted by Crippen LogP contribution is 2.19. The third kappa shape index (κ3) is 3.11. The molecule has 2 heterocycles. The summed E-state index contributed by atoms with van der Waals surface area (Å²) in [6, 6.07) is 6.37. The second-order valence-electron chi connectivity index (χ2n) is 4.13. The predicted molar refractivity (Wildman–Crippen MR) is 71.3 cm³/mol. The van der Waals surface area contributed by atoms with Crippen molar-refractivity contribution >= 4 is 11.3 Å². The first kappa shape index (κ1) is 12.2. The van der Waals surface area contributed by atoms with E-state index >= 15 is 0 Å². The number of likely N-dealkylation sites (N-methyl/N-ethyl adjacent to an activating group) is 1. The summed E-state index contributed by atoms with van der Waals surface area (Å²) in [5.74, 6) is 0. The second kappa shape index (κ2) is 5.38. The molecular formula is C13H17N3S. The van der Waals surface area contributed by atoms with Crippen molar-refractivity contribution in [2.45, 2.75) is 26.3 Å². The first-order valence-corrected chi connectivity index (χ1v) is 6.59. The third-order valence-corrected chi connectivity index (χ3v) is 3.65. The van der Waals surface area contributed by atoms with Gasteiger partial charge in [-0.2, -0.15) is 0 Å². The molecule has 17 heavy (non-hydrogen) atoms. The molecule has 0 aliphatic heterocycles. The summed E-state index contributed by atoms with van der Waals surface area (Å²) in [6.07, 6.45) is 0.894. The van der Waals surface area contributed by atoms with Crippen molar-refractivity contribution in [3.8, 4) is 0 Å². The van der Waals surface area contributed by atoms with Crippen LogP contribution in [0, 0.1) is 13.8 Å². The summed E-state index contributed by atoms with van der Waals surface area (Å²) >= 11 is 1.71. The molecule has 1 N–H and O–H groups in total. The molecule has 4 heteroatoms. The number of aromatic nitrogens is 2. The molecule has 0 radical (unpaired) electrons. The van der Waals surface area contributed by atoms with Crippen LogP contribution in [0.5, 0.6) is 0 Å². The molecule has 1 unspecified atom stereocenters. The van der Waals surface area contributed by atoms with Crippen molar-refractivity contribution in [3.05, 3.63) is 45.7 Å². The number of rotatable bonds is 4. The molecule has 0 fully saturated rings. The lowest BCUT2D eigenvalue weighted by Crippen LogP contribution is -2.20. The SMILES string of the molecule is CNC(Cc1nc(C)cs1)c1cccc(C)n1. The molecule has 0 spiro atoms. The molecule has 0 saturated carbocycles. The van der Waals surface area contributed by atoms with Crippen LogP contribution >= 0.6 is 11.3 Å². The van der Waals surface area contributed by atoms with Crippen LogP contribution in [0.3, 0.4) is 0 Å². The normalized spacial score (nSPS) is 12.6. The zero-order valence-electron chi connectivity index (χ0n) is 10.4. The summed E-state index contributed by atoms with van der Waals surface area (Å²) in [5.41, 5.74) is 3.23. The van der Waals surface area contributed by atoms with E-state index in [-0.39, 0.29) is 6.04 Å². The molecular weight excluding hydrogens is 230 g/mol. The fourth-order valence-corrected chi connectivity index (χ4v) is 2.60. The molecule has 1 atom stereocenters. The van der Waals surface area contributed by atoms with Crippen LogP contribution in [0.4, 0.5) is 0 Å². The van der Waals surface area contributed by atoms with Gasteiger partial charge in [0, 0.05) is 23.2 Å². The van der Waals surface area contributed by atoms with E-state index in [0.29, 0.717) is 0 Å². The number of pyridine rings is 1. The van der Waals surface area contributed by atoms with Crippen molar-refractivity contribution in [1.29, 1.82) is 0 Å². The Labute approximate surface area is 106 Å². The number of hydrogen-bond acceptors (Lipinski definition) is 4. The molecule has 0 aromatic carbocycles. The fourth-order valence-electron chi connectivity index (χ4n) is 1.78. The van der Waals surface area contributed by atoms with Gasteiger partial charge in [0.25, 0.3) is 0 Å². The number of nitrogens with one attached hydrogen (secondary N) is 1. The van der Waals surface area contributed by atoms with E-state index in [1.165, 1.54) is 0 Å². The van der Waals surface area contributed by atoms with Crippen molar-refractivity contribution in [2.24, 2.45) is 0 Å². The van der Waals surface area contributed by atoms with Crippen LogP contribution in [0.2, 0.25) is 0 Å². The summed E-state index contributed by atoms with van der Waals surface area (Å²) in [7, 11) is 1.97. The summed E-state index contributed by atoms with van der Waals surface area (Å²) in [6.45, 7) is 4.04. The number of hydrogen-bond donors (Lipinski definition) is 1. The van der Waals surface area contributed by atoms with E-state index in [2.05, 4.69) is 32.8 Å². The van der Waals surface area contributed by atoms with E-state index in [1.54, 1.807) is 11.3 Å². The van der Waals surface area contributed by atoms with Gasteiger partial charge in [-0.25, -0.2) is 4.98 Å². The largest absolute Gasteiger partial charge is 0.311 e. The van der Waals surface area contributed by atoms with Crippen molar-refractivity contribution < 1.29 is 0 Å². The highest BCUT2D eigenvalue weighted by Gasteiger charge is 2.13. The Balaban J connectivity index is 2.16. The van der Waals surface area contributed by atoms with E-state index < -0.39 is 0 Å². The molecule has 2 rings (SSSR count). The smallest absolute Gasteiger partial charge is 0.0947 e. The fraction of sp³-hybridized carbons (Fsp3) is 0.385. The first-order chi connectivity index (χ1) is 8.19. The molecule has 0 amide bonds. The second-order valence-corrected chi connectivity index (χ2v) is 5.07. The Morgan fingerprint density at radius 2 is 2.06 bits per heavy atom. The Morgan fingerprint density at radius 3 is 2.65 bits per heavy atom. The summed E-state index contributed by atoms with van der Waals surface area (Å²) < 4.78 is 0. The maximum Gasteiger partial charge on any atom is 0.0947 e. The monoisotopic (exact) mass is 247 g/mol. The molecule has 0 saturated heterocycles. The molecule has 2 aromatic rings. The van der Waals surface area contributed by atoms with E-state index in [1.807, 2.05) is 27.0 Å². The Morgan fingerprint density at radius 1 is 1.24 bits per heavy atom. The predicted octanol–water partition coefficient (Wildman–Crippen LogP) is 2.66. The standard InChI is InChI=1S/C13H17N3S/c1-9-5-4-6-11(15-9)12(14-3)7-13-16-10(2)8-17-13/h4-6,8,12,14H,7H2,1-3H3.